The number of nitro groups is 1. The summed E-state index contributed by atoms with van der Waals surface area (Å²) < 4.78 is 32.8. The van der Waals surface area contributed by atoms with Crippen molar-refractivity contribution in [3.8, 4) is 5.75 Å². The molecule has 1 amide bonds. The van der Waals surface area contributed by atoms with Gasteiger partial charge in [0.25, 0.3) is 15.9 Å². The molecule has 1 aromatic heterocycles. The van der Waals surface area contributed by atoms with Crippen molar-refractivity contribution in [2.24, 2.45) is 0 Å². The number of hydrogen-bond donors (Lipinski definition) is 1. The number of para-hydroxylation sites is 2. The second kappa shape index (κ2) is 9.02. The van der Waals surface area contributed by atoms with Crippen LogP contribution in [0.3, 0.4) is 0 Å². The molecule has 0 unspecified atom stereocenters. The molecular formula is C21H20N4O6S. The lowest BCUT2D eigenvalue weighted by atomic mass is 10.1. The lowest BCUT2D eigenvalue weighted by molar-refractivity contribution is -0.384. The van der Waals surface area contributed by atoms with Gasteiger partial charge in [0.15, 0.2) is 0 Å². The number of anilines is 2. The van der Waals surface area contributed by atoms with Crippen LogP contribution in [0.1, 0.15) is 15.9 Å². The summed E-state index contributed by atoms with van der Waals surface area (Å²) in [5.74, 6) is -0.317. The lowest BCUT2D eigenvalue weighted by Crippen LogP contribution is -2.27. The van der Waals surface area contributed by atoms with Crippen molar-refractivity contribution in [3.63, 3.8) is 0 Å². The number of ether oxygens (including phenoxy) is 1. The molecule has 3 rings (SSSR count). The number of aromatic nitrogens is 1. The van der Waals surface area contributed by atoms with Crippen LogP contribution in [-0.4, -0.2) is 38.4 Å². The molecule has 0 radical (unpaired) electrons. The average Bonchev–Trinajstić information content (AvgIpc) is 2.78. The number of carbonyl (C=O) groups excluding carboxylic acids is 1. The van der Waals surface area contributed by atoms with E-state index in [0.717, 1.165) is 10.5 Å². The third-order valence-corrected chi connectivity index (χ3v) is 6.55. The van der Waals surface area contributed by atoms with Gasteiger partial charge in [-0.25, -0.2) is 8.42 Å². The molecule has 0 spiro atoms. The van der Waals surface area contributed by atoms with Crippen LogP contribution in [0.4, 0.5) is 17.1 Å². The van der Waals surface area contributed by atoms with Gasteiger partial charge in [-0.1, -0.05) is 18.2 Å². The number of methoxy groups -OCH3 is 1. The second-order valence-corrected chi connectivity index (χ2v) is 8.69. The van der Waals surface area contributed by atoms with Gasteiger partial charge in [0.05, 0.1) is 22.6 Å². The minimum atomic E-state index is -4.04. The summed E-state index contributed by atoms with van der Waals surface area (Å²) in [7, 11) is -1.22. The van der Waals surface area contributed by atoms with E-state index in [1.165, 1.54) is 44.6 Å². The van der Waals surface area contributed by atoms with Crippen molar-refractivity contribution in [2.45, 2.75) is 11.8 Å². The van der Waals surface area contributed by atoms with E-state index in [-0.39, 0.29) is 21.8 Å². The highest BCUT2D eigenvalue weighted by Crippen LogP contribution is 2.31. The first kappa shape index (κ1) is 22.7. The third kappa shape index (κ3) is 4.37. The van der Waals surface area contributed by atoms with Crippen LogP contribution < -0.4 is 14.4 Å². The predicted molar refractivity (Wildman–Crippen MR) is 119 cm³/mol. The van der Waals surface area contributed by atoms with Crippen LogP contribution in [0.15, 0.2) is 65.8 Å². The average molecular weight is 456 g/mol. The van der Waals surface area contributed by atoms with Gasteiger partial charge in [0.2, 0.25) is 0 Å². The Labute approximate surface area is 184 Å². The van der Waals surface area contributed by atoms with Gasteiger partial charge in [0, 0.05) is 18.8 Å². The van der Waals surface area contributed by atoms with E-state index in [2.05, 4.69) is 10.3 Å². The van der Waals surface area contributed by atoms with Crippen molar-refractivity contribution in [2.75, 3.05) is 23.8 Å². The zero-order chi connectivity index (χ0) is 23.5. The Morgan fingerprint density at radius 2 is 1.91 bits per heavy atom. The van der Waals surface area contributed by atoms with Crippen molar-refractivity contribution < 1.29 is 22.9 Å². The molecular weight excluding hydrogens is 436 g/mol. The quantitative estimate of drug-likeness (QED) is 0.426. The number of amides is 1. The molecule has 3 aromatic rings. The van der Waals surface area contributed by atoms with E-state index < -0.39 is 20.9 Å². The van der Waals surface area contributed by atoms with Gasteiger partial charge in [-0.2, -0.15) is 0 Å². The fourth-order valence-corrected chi connectivity index (χ4v) is 4.24. The maximum absolute atomic E-state index is 13.2. The predicted octanol–water partition coefficient (Wildman–Crippen LogP) is 3.38. The normalized spacial score (nSPS) is 11.0. The van der Waals surface area contributed by atoms with Crippen molar-refractivity contribution >= 4 is 33.0 Å². The Morgan fingerprint density at radius 3 is 2.59 bits per heavy atom. The van der Waals surface area contributed by atoms with Gasteiger partial charge < -0.3 is 10.1 Å². The van der Waals surface area contributed by atoms with Crippen LogP contribution in [-0.2, 0) is 10.0 Å². The second-order valence-electron chi connectivity index (χ2n) is 6.73. The van der Waals surface area contributed by atoms with Gasteiger partial charge >= 0.3 is 5.69 Å². The van der Waals surface area contributed by atoms with Gasteiger partial charge in [-0.15, -0.1) is 0 Å². The third-order valence-electron chi connectivity index (χ3n) is 4.78. The van der Waals surface area contributed by atoms with Crippen molar-refractivity contribution in [3.05, 3.63) is 82.2 Å². The number of aryl methyl sites for hydroxylation is 1. The maximum Gasteiger partial charge on any atom is 0.310 e. The number of rotatable bonds is 7. The number of benzene rings is 2. The monoisotopic (exact) mass is 456 g/mol. The number of nitrogens with zero attached hydrogens (tertiary/aromatic N) is 3. The number of sulfonamides is 1. The van der Waals surface area contributed by atoms with E-state index in [0.29, 0.717) is 17.0 Å². The van der Waals surface area contributed by atoms with E-state index >= 15 is 0 Å². The molecule has 11 heteroatoms. The van der Waals surface area contributed by atoms with Crippen LogP contribution in [0.5, 0.6) is 5.75 Å². The number of hydrogen-bond acceptors (Lipinski definition) is 7. The fourth-order valence-electron chi connectivity index (χ4n) is 3.01. The minimum absolute atomic E-state index is 0.0474. The van der Waals surface area contributed by atoms with Gasteiger partial charge in [-0.3, -0.25) is 24.2 Å². The maximum atomic E-state index is 13.2. The Hall–Kier alpha value is -3.99. The zero-order valence-electron chi connectivity index (χ0n) is 17.5. The fraction of sp³-hybridized carbons (Fsp3) is 0.143. The Balaban J connectivity index is 1.98. The van der Waals surface area contributed by atoms with E-state index in [4.69, 9.17) is 4.74 Å². The first-order chi connectivity index (χ1) is 15.2. The molecule has 0 aliphatic heterocycles. The highest BCUT2D eigenvalue weighted by molar-refractivity contribution is 7.92. The summed E-state index contributed by atoms with van der Waals surface area (Å²) >= 11 is 0. The van der Waals surface area contributed by atoms with E-state index in [1.807, 2.05) is 0 Å². The molecule has 0 saturated heterocycles. The topological polar surface area (TPSA) is 132 Å². The highest BCUT2D eigenvalue weighted by Gasteiger charge is 2.26. The standard InChI is InChI=1S/C21H20N4O6S/c1-14-8-9-15(32(29,30)24(2)18-6-4-5-7-20(18)31-3)12-16(14)21(26)23-17-10-11-22-13-19(17)25(27)28/h4-13H,1-3H3,(H,22,23,26). The summed E-state index contributed by atoms with van der Waals surface area (Å²) in [4.78, 5) is 26.9. The summed E-state index contributed by atoms with van der Waals surface area (Å²) in [6.45, 7) is 1.64. The SMILES string of the molecule is COc1ccccc1N(C)S(=O)(=O)c1ccc(C)c(C(=O)Nc2ccncc2[N+](=O)[O-])c1. The summed E-state index contributed by atoms with van der Waals surface area (Å²) in [6, 6.07) is 12.0. The van der Waals surface area contributed by atoms with Gasteiger partial charge in [0.1, 0.15) is 17.6 Å². The molecule has 0 atom stereocenters. The van der Waals surface area contributed by atoms with E-state index in [9.17, 15) is 23.3 Å². The first-order valence-electron chi connectivity index (χ1n) is 9.29. The lowest BCUT2D eigenvalue weighted by Gasteiger charge is -2.22. The van der Waals surface area contributed by atoms with Crippen LogP contribution in [0.2, 0.25) is 0 Å². The van der Waals surface area contributed by atoms with Gasteiger partial charge in [-0.05, 0) is 42.8 Å². The summed E-state index contributed by atoms with van der Waals surface area (Å²) in [5, 5.41) is 13.6. The van der Waals surface area contributed by atoms with Crippen molar-refractivity contribution in [1.82, 2.24) is 4.98 Å². The Morgan fingerprint density at radius 1 is 1.19 bits per heavy atom. The van der Waals surface area contributed by atoms with E-state index in [1.54, 1.807) is 31.2 Å². The summed E-state index contributed by atoms with van der Waals surface area (Å²) in [6.07, 6.45) is 2.32. The summed E-state index contributed by atoms with van der Waals surface area (Å²) in [5.41, 5.74) is 0.463. The Kier molecular flexibility index (Phi) is 6.40. The molecule has 0 aliphatic rings. The van der Waals surface area contributed by atoms with Crippen LogP contribution in [0.25, 0.3) is 0 Å². The molecule has 1 heterocycles. The van der Waals surface area contributed by atoms with Crippen LogP contribution in [0, 0.1) is 17.0 Å². The first-order valence-corrected chi connectivity index (χ1v) is 10.7. The largest absolute Gasteiger partial charge is 0.495 e. The van der Waals surface area contributed by atoms with Crippen molar-refractivity contribution in [1.29, 1.82) is 0 Å². The molecule has 166 valence electrons. The highest BCUT2D eigenvalue weighted by atomic mass is 32.2. The molecule has 0 saturated carbocycles. The number of carbonyl (C=O) groups is 1. The number of nitrogens with one attached hydrogen (secondary N) is 1. The minimum Gasteiger partial charge on any atom is -0.495 e. The number of pyridine rings is 1. The molecule has 0 bridgehead atoms. The molecule has 0 aliphatic carbocycles. The smallest absolute Gasteiger partial charge is 0.310 e. The molecule has 0 fully saturated rings. The molecule has 10 nitrogen and oxygen atoms in total. The molecule has 2 aromatic carbocycles. The zero-order valence-corrected chi connectivity index (χ0v) is 18.3. The molecule has 1 N–H and O–H groups in total. The molecule has 32 heavy (non-hydrogen) atoms. The van der Waals surface area contributed by atoms with Crippen LogP contribution >= 0.6 is 0 Å². The Bertz CT molecular complexity index is 1290.